The summed E-state index contributed by atoms with van der Waals surface area (Å²) in [5, 5.41) is 6.50. The van der Waals surface area contributed by atoms with Gasteiger partial charge in [-0.3, -0.25) is 0 Å². The third-order valence-corrected chi connectivity index (χ3v) is 0. The molecule has 0 N–H and O–H groups in total. The van der Waals surface area contributed by atoms with Crippen molar-refractivity contribution in [2.45, 2.75) is 0 Å². The fourth-order valence-electron chi connectivity index (χ4n) is 0. The average Bonchev–Trinajstić information content (AvgIpc) is 1.50. The van der Waals surface area contributed by atoms with Crippen LogP contribution in [0.25, 0.3) is 0 Å². The van der Waals surface area contributed by atoms with E-state index < -0.39 is 0 Å². The van der Waals surface area contributed by atoms with Crippen LogP contribution >= 0.6 is 0 Å². The first-order valence-electron chi connectivity index (χ1n) is 0.547. The van der Waals surface area contributed by atoms with Crippen molar-refractivity contribution in [2.24, 2.45) is 0 Å². The topological polar surface area (TPSA) is 40.9 Å². The van der Waals surface area contributed by atoms with E-state index in [0.29, 0.717) is 0 Å². The largest absolute Gasteiger partial charge is 0.307 e. The summed E-state index contributed by atoms with van der Waals surface area (Å²) in [7, 11) is 0. The van der Waals surface area contributed by atoms with Crippen molar-refractivity contribution in [3.05, 3.63) is 0 Å². The molecule has 0 heterocycles. The van der Waals surface area contributed by atoms with Crippen LogP contribution in [0.3, 0.4) is 0 Å². The Morgan fingerprint density at radius 3 is 1.17 bits per heavy atom. The van der Waals surface area contributed by atoms with E-state index in [9.17, 15) is 0 Å². The van der Waals surface area contributed by atoms with Crippen molar-refractivity contribution >= 4 is 6.79 Å². The van der Waals surface area contributed by atoms with Gasteiger partial charge in [-0.15, -0.1) is 0 Å². The molecule has 0 unspecified atom stereocenters. The third kappa shape index (κ3) is 44.1. The van der Waals surface area contributed by atoms with Crippen LogP contribution in [-0.2, 0) is 4.79 Å². The fraction of sp³-hybridized carbons (Fsp3) is 0. The van der Waals surface area contributed by atoms with Crippen molar-refractivity contribution in [3.63, 3.8) is 0 Å². The van der Waals surface area contributed by atoms with Crippen molar-refractivity contribution < 1.29 is 80.3 Å². The Labute approximate surface area is 96.9 Å². The molecule has 4 heteroatoms. The number of carbonyl (C=O) groups is 1. The molecule has 0 aromatic heterocycles. The predicted molar refractivity (Wildman–Crippen MR) is 13.8 cm³/mol. The maximum Gasteiger partial charge on any atom is 0.106 e. The van der Waals surface area contributed by atoms with E-state index in [1.54, 1.807) is 0 Å². The quantitative estimate of drug-likeness (QED) is 0.469. The summed E-state index contributed by atoms with van der Waals surface area (Å²) in [5.41, 5.74) is 0. The second-order valence-corrected chi connectivity index (χ2v) is 0. The molecule has 0 aliphatic rings. The molecule has 0 aliphatic carbocycles. The van der Waals surface area contributed by atoms with Crippen LogP contribution in [0.2, 0.25) is 0 Å². The third-order valence-electron chi connectivity index (χ3n) is 0. The van der Waals surface area contributed by atoms with Crippen molar-refractivity contribution in [1.29, 1.82) is 5.26 Å². The molecule has 38 valence electrons. The van der Waals surface area contributed by atoms with Gasteiger partial charge in [-0.1, -0.05) is 0 Å². The molecular weight excluding hydrogens is 134 g/mol. The zero-order valence-corrected chi connectivity index (χ0v) is 4.26. The Hall–Kier alpha value is 1.68. The minimum absolute atomic E-state index is 0. The van der Waals surface area contributed by atoms with Gasteiger partial charge in [0.05, 0.1) is 0 Å². The first kappa shape index (κ1) is 25.3. The van der Waals surface area contributed by atoms with Crippen molar-refractivity contribution in [1.82, 2.24) is 0 Å². The number of nitrogens with zero attached hydrogens (tertiary/aromatic N) is 1. The molecule has 0 radical (unpaired) electrons. The Morgan fingerprint density at radius 1 is 1.17 bits per heavy atom. The standard InChI is InChI=1S/CHN.CH2O.2Ar/c2*1-2;;/h1H;1H2;;. The van der Waals surface area contributed by atoms with Gasteiger partial charge < -0.3 is 4.79 Å². The molecule has 0 aromatic carbocycles. The van der Waals surface area contributed by atoms with Gasteiger partial charge in [0.15, 0.2) is 0 Å². The summed E-state index contributed by atoms with van der Waals surface area (Å²) in [6.45, 7) is 5.50. The Balaban J connectivity index is -0.00000000500. The molecule has 0 spiro atoms. The Bertz CT molecular complexity index is 22.8. The van der Waals surface area contributed by atoms with Gasteiger partial charge in [0.2, 0.25) is 0 Å². The van der Waals surface area contributed by atoms with Crippen LogP contribution in [-0.4, -0.2) is 6.79 Å². The molecule has 0 fully saturated rings. The molecule has 0 bridgehead atoms. The van der Waals surface area contributed by atoms with Crippen LogP contribution in [0, 0.1) is 87.3 Å². The van der Waals surface area contributed by atoms with Crippen LogP contribution in [0.4, 0.5) is 0 Å². The van der Waals surface area contributed by atoms with Crippen LogP contribution in [0.5, 0.6) is 0 Å². The van der Waals surface area contributed by atoms with E-state index in [1.165, 1.54) is 0 Å². The number of hydrogen-bond donors (Lipinski definition) is 0. The smallest absolute Gasteiger partial charge is 0.106 e. The molecule has 0 saturated heterocycles. The minimum atomic E-state index is 0. The Morgan fingerprint density at radius 2 is 1.17 bits per heavy atom. The fourth-order valence-corrected chi connectivity index (χ4v) is 0. The van der Waals surface area contributed by atoms with E-state index in [2.05, 4.69) is 6.57 Å². The zero-order chi connectivity index (χ0) is 4.00. The summed E-state index contributed by atoms with van der Waals surface area (Å²) in [4.78, 5) is 8.00. The molecule has 0 aromatic rings. The normalized spacial score (nSPS) is 1.00. The van der Waals surface area contributed by atoms with Gasteiger partial charge in [-0.2, -0.15) is 0 Å². The molecule has 0 rings (SSSR count). The second-order valence-electron chi connectivity index (χ2n) is 0. The molecule has 0 amide bonds. The SMILES string of the molecule is C#N.C=O.[Ar].[Ar]. The van der Waals surface area contributed by atoms with E-state index in [0.717, 1.165) is 0 Å². The molecule has 2 nitrogen and oxygen atoms in total. The second kappa shape index (κ2) is 76.4. The monoisotopic (exact) mass is 137 g/mol. The van der Waals surface area contributed by atoms with Crippen LogP contribution < -0.4 is 0 Å². The van der Waals surface area contributed by atoms with Gasteiger partial charge in [-0.05, 0) is 0 Å². The molecule has 6 heavy (non-hydrogen) atoms. The van der Waals surface area contributed by atoms with E-state index in [-0.39, 0.29) is 75.5 Å². The van der Waals surface area contributed by atoms with Crippen LogP contribution in [0.15, 0.2) is 0 Å². The molecule has 0 aliphatic heterocycles. The summed E-state index contributed by atoms with van der Waals surface area (Å²) < 4.78 is 0. The summed E-state index contributed by atoms with van der Waals surface area (Å²) in [5.74, 6) is 0. The number of rotatable bonds is 0. The van der Waals surface area contributed by atoms with Crippen LogP contribution in [0.1, 0.15) is 0 Å². The average molecular weight is 137 g/mol. The number of nitriles is 1. The molecular formula is C2H3Ar2NO. The first-order chi connectivity index (χ1) is 2.00. The van der Waals surface area contributed by atoms with Gasteiger partial charge in [0.1, 0.15) is 6.79 Å². The van der Waals surface area contributed by atoms with E-state index in [1.807, 2.05) is 6.79 Å². The first-order valence-corrected chi connectivity index (χ1v) is 0.547. The zero-order valence-electron chi connectivity index (χ0n) is 2.85. The Kier molecular flexibility index (Phi) is 322. The van der Waals surface area contributed by atoms with Gasteiger partial charge in [0.25, 0.3) is 0 Å². The molecule has 0 atom stereocenters. The molecule has 0 saturated carbocycles. The summed E-state index contributed by atoms with van der Waals surface area (Å²) >= 11 is 0. The maximum absolute atomic E-state index is 8.00. The van der Waals surface area contributed by atoms with Crippen molar-refractivity contribution in [3.8, 4) is 6.57 Å². The predicted octanol–water partition coefficient (Wildman–Crippen LogP) is -0.0451. The summed E-state index contributed by atoms with van der Waals surface area (Å²) in [6.07, 6.45) is 0. The van der Waals surface area contributed by atoms with E-state index in [4.69, 9.17) is 10.1 Å². The van der Waals surface area contributed by atoms with Gasteiger partial charge in [-0.25, -0.2) is 5.26 Å². The number of carbonyl (C=O) groups excluding carboxylic acids is 1. The van der Waals surface area contributed by atoms with E-state index >= 15 is 0 Å². The number of hydrogen-bond acceptors (Lipinski definition) is 2. The maximum atomic E-state index is 8.00. The minimum Gasteiger partial charge on any atom is -0.307 e. The van der Waals surface area contributed by atoms with Gasteiger partial charge in [0, 0.05) is 82.0 Å². The summed E-state index contributed by atoms with van der Waals surface area (Å²) in [6, 6.07) is 0. The van der Waals surface area contributed by atoms with Crippen molar-refractivity contribution in [2.75, 3.05) is 0 Å². The van der Waals surface area contributed by atoms with Gasteiger partial charge >= 0.3 is 0 Å².